The Balaban J connectivity index is 2.09. The van der Waals surface area contributed by atoms with Gasteiger partial charge in [0.15, 0.2) is 0 Å². The average Bonchev–Trinajstić information content (AvgIpc) is 2.54. The minimum Gasteiger partial charge on any atom is -0.508 e. The number of rotatable bonds is 4. The van der Waals surface area contributed by atoms with Crippen molar-refractivity contribution in [2.24, 2.45) is 5.73 Å². The van der Waals surface area contributed by atoms with Gasteiger partial charge in [0, 0.05) is 13.0 Å². The van der Waals surface area contributed by atoms with Gasteiger partial charge in [-0.3, -0.25) is 10.1 Å². The number of ether oxygens (including phenoxy) is 1. The topological polar surface area (TPSA) is 84.6 Å². The van der Waals surface area contributed by atoms with Crippen LogP contribution in [0.25, 0.3) is 0 Å². The van der Waals surface area contributed by atoms with E-state index in [0.29, 0.717) is 18.7 Å². The average molecular weight is 470 g/mol. The number of nitrogens with one attached hydrogen (secondary N) is 1. The predicted molar refractivity (Wildman–Crippen MR) is 103 cm³/mol. The lowest BCUT2D eigenvalue weighted by Gasteiger charge is -2.38. The number of phenols is 1. The van der Waals surface area contributed by atoms with Gasteiger partial charge in [0.05, 0.1) is 16.1 Å². The molecule has 0 aromatic heterocycles. The molecule has 1 aliphatic rings. The van der Waals surface area contributed by atoms with Gasteiger partial charge in [0.1, 0.15) is 17.0 Å². The Morgan fingerprint density at radius 3 is 2.60 bits per heavy atom. The molecular weight excluding hydrogens is 452 g/mol. The number of amides is 1. The van der Waals surface area contributed by atoms with Crippen molar-refractivity contribution in [3.63, 3.8) is 0 Å². The number of carbonyl (C=O) groups excluding carboxylic acids is 1. The Morgan fingerprint density at radius 2 is 2.00 bits per heavy atom. The molecule has 2 aromatic rings. The van der Waals surface area contributed by atoms with Crippen LogP contribution < -0.4 is 15.8 Å². The first-order valence-electron chi connectivity index (χ1n) is 7.76. The van der Waals surface area contributed by atoms with Crippen LogP contribution in [0.2, 0.25) is 0 Å². The van der Waals surface area contributed by atoms with E-state index in [-0.39, 0.29) is 5.75 Å². The first kappa shape index (κ1) is 18.2. The summed E-state index contributed by atoms with van der Waals surface area (Å²) in [5.41, 5.74) is 7.47. The smallest absolute Gasteiger partial charge is 0.242 e. The summed E-state index contributed by atoms with van der Waals surface area (Å²) in [6.45, 7) is 0.609. The van der Waals surface area contributed by atoms with E-state index in [1.807, 2.05) is 12.1 Å². The molecule has 25 heavy (non-hydrogen) atoms. The summed E-state index contributed by atoms with van der Waals surface area (Å²) in [5, 5.41) is 13.1. The summed E-state index contributed by atoms with van der Waals surface area (Å²) in [6.07, 6.45) is 1.12. The van der Waals surface area contributed by atoms with E-state index in [9.17, 15) is 9.90 Å². The van der Waals surface area contributed by atoms with Crippen molar-refractivity contribution in [1.29, 1.82) is 0 Å². The van der Waals surface area contributed by atoms with Crippen LogP contribution in [-0.2, 0) is 23.2 Å². The van der Waals surface area contributed by atoms with Crippen molar-refractivity contribution >= 4 is 37.8 Å². The van der Waals surface area contributed by atoms with Crippen molar-refractivity contribution in [2.75, 3.05) is 13.7 Å². The van der Waals surface area contributed by atoms with E-state index in [1.165, 1.54) is 0 Å². The van der Waals surface area contributed by atoms with Gasteiger partial charge in [0.2, 0.25) is 5.91 Å². The molecule has 5 nitrogen and oxygen atoms in total. The molecule has 0 aliphatic carbocycles. The van der Waals surface area contributed by atoms with Crippen LogP contribution in [0.3, 0.4) is 0 Å². The molecule has 4 N–H and O–H groups in total. The lowest BCUT2D eigenvalue weighted by molar-refractivity contribution is -0.125. The molecule has 1 atom stereocenters. The fourth-order valence-corrected chi connectivity index (χ4v) is 4.99. The summed E-state index contributed by atoms with van der Waals surface area (Å²) in [7, 11) is 1.60. The van der Waals surface area contributed by atoms with Gasteiger partial charge in [0.25, 0.3) is 0 Å². The maximum atomic E-state index is 12.5. The fraction of sp³-hybridized carbons (Fsp3) is 0.278. The van der Waals surface area contributed by atoms with Gasteiger partial charge in [-0.25, -0.2) is 0 Å². The number of primary amides is 1. The second kappa shape index (κ2) is 6.97. The Labute approximate surface area is 162 Å². The van der Waals surface area contributed by atoms with Crippen LogP contribution in [0.5, 0.6) is 11.5 Å². The molecule has 0 saturated heterocycles. The Morgan fingerprint density at radius 1 is 1.32 bits per heavy atom. The number of halogens is 2. The fourth-order valence-electron chi connectivity index (χ4n) is 3.39. The van der Waals surface area contributed by atoms with E-state index in [4.69, 9.17) is 10.5 Å². The van der Waals surface area contributed by atoms with Gasteiger partial charge < -0.3 is 15.6 Å². The SMILES string of the molecule is COc1c(Br)cc(CC2(C(N)=O)NCCc3cc(O)ccc32)cc1Br. The number of aromatic hydroxyl groups is 1. The summed E-state index contributed by atoms with van der Waals surface area (Å²) in [4.78, 5) is 12.5. The third-order valence-electron chi connectivity index (χ3n) is 4.52. The second-order valence-corrected chi connectivity index (χ2v) is 7.77. The van der Waals surface area contributed by atoms with E-state index in [2.05, 4.69) is 37.2 Å². The summed E-state index contributed by atoms with van der Waals surface area (Å²) < 4.78 is 6.92. The predicted octanol–water partition coefficient (Wildman–Crippen LogP) is 2.99. The summed E-state index contributed by atoms with van der Waals surface area (Å²) in [5.74, 6) is 0.440. The number of benzene rings is 2. The number of hydrogen-bond donors (Lipinski definition) is 3. The van der Waals surface area contributed by atoms with Crippen molar-refractivity contribution < 1.29 is 14.6 Å². The van der Waals surface area contributed by atoms with Crippen molar-refractivity contribution in [3.8, 4) is 11.5 Å². The highest BCUT2D eigenvalue weighted by Crippen LogP contribution is 2.38. The molecule has 0 saturated carbocycles. The molecule has 132 valence electrons. The number of methoxy groups -OCH3 is 1. The first-order valence-corrected chi connectivity index (χ1v) is 9.35. The van der Waals surface area contributed by atoms with Gasteiger partial charge in [-0.1, -0.05) is 6.07 Å². The number of hydrogen-bond acceptors (Lipinski definition) is 4. The minimum absolute atomic E-state index is 0.189. The number of nitrogens with two attached hydrogens (primary N) is 1. The summed E-state index contributed by atoms with van der Waals surface area (Å²) >= 11 is 6.99. The first-order chi connectivity index (χ1) is 11.9. The molecule has 1 aliphatic heterocycles. The van der Waals surface area contributed by atoms with Gasteiger partial charge in [-0.2, -0.15) is 0 Å². The van der Waals surface area contributed by atoms with Crippen LogP contribution in [0.4, 0.5) is 0 Å². The molecule has 0 radical (unpaired) electrons. The Hall–Kier alpha value is -1.57. The molecule has 7 heteroatoms. The lowest BCUT2D eigenvalue weighted by atomic mass is 9.77. The third-order valence-corrected chi connectivity index (χ3v) is 5.70. The molecule has 0 spiro atoms. The number of phenolic OH excluding ortho intramolecular Hbond substituents is 1. The normalized spacial score (nSPS) is 19.3. The van der Waals surface area contributed by atoms with Crippen LogP contribution in [0.15, 0.2) is 39.3 Å². The molecular formula is C18H18Br2N2O3. The van der Waals surface area contributed by atoms with Crippen LogP contribution >= 0.6 is 31.9 Å². The number of carbonyl (C=O) groups is 1. The molecule has 0 fully saturated rings. The Kier molecular flexibility index (Phi) is 5.09. The molecule has 3 rings (SSSR count). The second-order valence-electron chi connectivity index (χ2n) is 6.06. The van der Waals surface area contributed by atoms with Gasteiger partial charge in [-0.05, 0) is 79.2 Å². The van der Waals surface area contributed by atoms with Crippen LogP contribution in [0, 0.1) is 0 Å². The molecule has 1 amide bonds. The maximum absolute atomic E-state index is 12.5. The zero-order chi connectivity index (χ0) is 18.2. The summed E-state index contributed by atoms with van der Waals surface area (Å²) in [6, 6.07) is 8.90. The quantitative estimate of drug-likeness (QED) is 0.642. The molecule has 1 unspecified atom stereocenters. The Bertz CT molecular complexity index is 818. The van der Waals surface area contributed by atoms with E-state index in [0.717, 1.165) is 32.1 Å². The zero-order valence-corrected chi connectivity index (χ0v) is 16.8. The van der Waals surface area contributed by atoms with Gasteiger partial charge in [-0.15, -0.1) is 0 Å². The van der Waals surface area contributed by atoms with E-state index in [1.54, 1.807) is 25.3 Å². The highest BCUT2D eigenvalue weighted by atomic mass is 79.9. The molecule has 1 heterocycles. The van der Waals surface area contributed by atoms with Crippen molar-refractivity contribution in [1.82, 2.24) is 5.32 Å². The van der Waals surface area contributed by atoms with Crippen molar-refractivity contribution in [3.05, 3.63) is 56.0 Å². The highest BCUT2D eigenvalue weighted by Gasteiger charge is 2.42. The van der Waals surface area contributed by atoms with E-state index >= 15 is 0 Å². The molecule has 0 bridgehead atoms. The third kappa shape index (κ3) is 3.28. The zero-order valence-electron chi connectivity index (χ0n) is 13.6. The standard InChI is InChI=1S/C18H18Br2N2O3/c1-25-16-14(19)6-10(7-15(16)20)9-18(17(21)24)13-3-2-12(23)8-11(13)4-5-22-18/h2-3,6-8,22-23H,4-5,9H2,1H3,(H2,21,24). The maximum Gasteiger partial charge on any atom is 0.242 e. The largest absolute Gasteiger partial charge is 0.508 e. The van der Waals surface area contributed by atoms with Crippen molar-refractivity contribution in [2.45, 2.75) is 18.4 Å². The van der Waals surface area contributed by atoms with E-state index < -0.39 is 11.4 Å². The number of fused-ring (bicyclic) bond motifs is 1. The van der Waals surface area contributed by atoms with Gasteiger partial charge >= 0.3 is 0 Å². The minimum atomic E-state index is -1.02. The monoisotopic (exact) mass is 468 g/mol. The molecule has 2 aromatic carbocycles. The van der Waals surface area contributed by atoms with Crippen LogP contribution in [-0.4, -0.2) is 24.7 Å². The highest BCUT2D eigenvalue weighted by molar-refractivity contribution is 9.11. The lowest BCUT2D eigenvalue weighted by Crippen LogP contribution is -2.57. The van der Waals surface area contributed by atoms with Crippen LogP contribution in [0.1, 0.15) is 16.7 Å².